The van der Waals surface area contributed by atoms with E-state index >= 15 is 0 Å². The van der Waals surface area contributed by atoms with Gasteiger partial charge in [0.2, 0.25) is 17.7 Å². The Hall–Kier alpha value is -3.71. The Morgan fingerprint density at radius 3 is 2.38 bits per heavy atom. The van der Waals surface area contributed by atoms with Gasteiger partial charge >= 0.3 is 5.97 Å². The Balaban J connectivity index is 2.37. The number of carboxylic acid groups (broad SMARTS) is 1. The number of nitrogens with one attached hydrogen (secondary N) is 3. The second-order valence-corrected chi connectivity index (χ2v) is 8.16. The number of carbonyl (C=O) groups excluding carboxylic acids is 5. The van der Waals surface area contributed by atoms with Crippen LogP contribution in [0.2, 0.25) is 0 Å². The van der Waals surface area contributed by atoms with Crippen molar-refractivity contribution in [2.45, 2.75) is 56.3 Å². The SMILES string of the molecule is CC1(C)C(=O)N[C@@H](CCCN=C(N)N)C(=O)N[C@@H](CC(=O)O)C(=O)N[C@@]2(C=O)CN1C2=O. The van der Waals surface area contributed by atoms with Crippen LogP contribution in [-0.2, 0) is 28.8 Å². The predicted molar refractivity (Wildman–Crippen MR) is 109 cm³/mol. The summed E-state index contributed by atoms with van der Waals surface area (Å²) >= 11 is 0. The second kappa shape index (κ2) is 9.20. The number of hydrogen-bond donors (Lipinski definition) is 6. The van der Waals surface area contributed by atoms with Gasteiger partial charge in [0, 0.05) is 6.54 Å². The van der Waals surface area contributed by atoms with Gasteiger partial charge in [0.15, 0.2) is 17.8 Å². The molecule has 0 aromatic rings. The van der Waals surface area contributed by atoms with E-state index in [0.717, 1.165) is 4.90 Å². The minimum Gasteiger partial charge on any atom is -0.481 e. The third kappa shape index (κ3) is 4.95. The van der Waals surface area contributed by atoms with E-state index < -0.39 is 59.2 Å². The summed E-state index contributed by atoms with van der Waals surface area (Å²) in [4.78, 5) is 78.9. The quantitative estimate of drug-likeness (QED) is 0.0421. The molecule has 176 valence electrons. The van der Waals surface area contributed by atoms with Crippen LogP contribution in [0.3, 0.4) is 0 Å². The zero-order valence-corrected chi connectivity index (χ0v) is 17.7. The van der Waals surface area contributed by atoms with Gasteiger partial charge in [0.05, 0.1) is 13.0 Å². The molecule has 0 unspecified atom stereocenters. The summed E-state index contributed by atoms with van der Waals surface area (Å²) in [5.41, 5.74) is 7.15. The van der Waals surface area contributed by atoms with Crippen LogP contribution in [0.1, 0.15) is 33.1 Å². The molecule has 3 aliphatic heterocycles. The van der Waals surface area contributed by atoms with Crippen molar-refractivity contribution < 1.29 is 33.9 Å². The first-order valence-electron chi connectivity index (χ1n) is 9.83. The van der Waals surface area contributed by atoms with E-state index in [1.165, 1.54) is 13.8 Å². The number of hydrogen-bond acceptors (Lipinski definition) is 7. The Morgan fingerprint density at radius 2 is 1.84 bits per heavy atom. The minimum atomic E-state index is -1.94. The summed E-state index contributed by atoms with van der Waals surface area (Å²) in [6, 6.07) is -2.74. The van der Waals surface area contributed by atoms with Crippen molar-refractivity contribution in [2.24, 2.45) is 16.5 Å². The summed E-state index contributed by atoms with van der Waals surface area (Å²) in [7, 11) is 0. The average Bonchev–Trinajstić information content (AvgIpc) is 2.70. The van der Waals surface area contributed by atoms with Crippen molar-refractivity contribution in [3.8, 4) is 0 Å². The highest BCUT2D eigenvalue weighted by Crippen LogP contribution is 2.30. The Labute approximate surface area is 183 Å². The van der Waals surface area contributed by atoms with Gasteiger partial charge in [-0.3, -0.25) is 29.0 Å². The standard InChI is InChI=1S/C18H27N7O7/c1-17(2)14(31)23-9(4-3-5-21-16(19)20)12(29)22-10(6-11(27)28)13(30)24-18(8-26)7-25(17)15(18)32/h8-10H,3-7H2,1-2H3,(H,22,29)(H,23,31)(H,24,30)(H,27,28)(H4,19,20,21)/t9-,10-,18+/m0/s1. The van der Waals surface area contributed by atoms with E-state index in [-0.39, 0.29) is 38.2 Å². The fourth-order valence-electron chi connectivity index (χ4n) is 3.39. The molecule has 4 amide bonds. The molecular formula is C18H27N7O7. The van der Waals surface area contributed by atoms with Crippen LogP contribution in [0, 0.1) is 0 Å². The first-order valence-corrected chi connectivity index (χ1v) is 9.83. The molecule has 14 heteroatoms. The minimum absolute atomic E-state index is 0.0675. The van der Waals surface area contributed by atoms with Gasteiger partial charge in [-0.1, -0.05) is 0 Å². The van der Waals surface area contributed by atoms with E-state index in [1.807, 2.05) is 0 Å². The maximum absolute atomic E-state index is 12.9. The lowest BCUT2D eigenvalue weighted by Crippen LogP contribution is -2.81. The highest BCUT2D eigenvalue weighted by Gasteiger charge is 2.60. The van der Waals surface area contributed by atoms with Crippen LogP contribution in [0.15, 0.2) is 4.99 Å². The largest absolute Gasteiger partial charge is 0.481 e. The topological polar surface area (TPSA) is 226 Å². The van der Waals surface area contributed by atoms with Gasteiger partial charge < -0.3 is 42.2 Å². The van der Waals surface area contributed by atoms with Crippen LogP contribution in [0.4, 0.5) is 0 Å². The molecule has 0 aliphatic carbocycles. The lowest BCUT2D eigenvalue weighted by Gasteiger charge is -2.52. The number of aliphatic carboxylic acids is 1. The molecule has 8 N–H and O–H groups in total. The Morgan fingerprint density at radius 1 is 1.19 bits per heavy atom. The normalized spacial score (nSPS) is 27.5. The van der Waals surface area contributed by atoms with Crippen molar-refractivity contribution >= 4 is 41.8 Å². The number of aldehydes is 1. The number of β-lactam (4-membered cyclic amide) rings is 1. The van der Waals surface area contributed by atoms with E-state index in [2.05, 4.69) is 20.9 Å². The summed E-state index contributed by atoms with van der Waals surface area (Å²) in [5, 5.41) is 16.2. The Kier molecular flexibility index (Phi) is 7.06. The van der Waals surface area contributed by atoms with Crippen molar-refractivity contribution in [1.29, 1.82) is 0 Å². The number of aliphatic imine (C=N–C) groups is 1. The number of rotatable bonds is 7. The van der Waals surface area contributed by atoms with Gasteiger partial charge in [-0.15, -0.1) is 0 Å². The fraction of sp³-hybridized carbons (Fsp3) is 0.611. The van der Waals surface area contributed by atoms with E-state index in [1.54, 1.807) is 0 Å². The van der Waals surface area contributed by atoms with Gasteiger partial charge in [-0.05, 0) is 26.7 Å². The summed E-state index contributed by atoms with van der Waals surface area (Å²) in [6.07, 6.45) is -0.221. The van der Waals surface area contributed by atoms with Crippen LogP contribution < -0.4 is 27.4 Å². The highest BCUT2D eigenvalue weighted by atomic mass is 16.4. The second-order valence-electron chi connectivity index (χ2n) is 8.16. The van der Waals surface area contributed by atoms with Gasteiger partial charge in [0.1, 0.15) is 17.6 Å². The highest BCUT2D eigenvalue weighted by molar-refractivity contribution is 6.12. The Bertz CT molecular complexity index is 868. The number of amides is 4. The molecule has 0 radical (unpaired) electrons. The number of guanidine groups is 1. The monoisotopic (exact) mass is 453 g/mol. The van der Waals surface area contributed by atoms with Crippen LogP contribution >= 0.6 is 0 Å². The van der Waals surface area contributed by atoms with Crippen molar-refractivity contribution in [1.82, 2.24) is 20.9 Å². The third-order valence-corrected chi connectivity index (χ3v) is 5.39. The predicted octanol–water partition coefficient (Wildman–Crippen LogP) is -3.83. The maximum Gasteiger partial charge on any atom is 0.305 e. The molecular weight excluding hydrogens is 426 g/mol. The lowest BCUT2D eigenvalue weighted by atomic mass is 9.83. The molecule has 3 aliphatic rings. The van der Waals surface area contributed by atoms with E-state index in [0.29, 0.717) is 0 Å². The molecule has 32 heavy (non-hydrogen) atoms. The molecule has 3 heterocycles. The van der Waals surface area contributed by atoms with Crippen LogP contribution in [0.25, 0.3) is 0 Å². The van der Waals surface area contributed by atoms with Gasteiger partial charge in [0.25, 0.3) is 5.91 Å². The number of carboxylic acids is 1. The van der Waals surface area contributed by atoms with Gasteiger partial charge in [-0.2, -0.15) is 0 Å². The number of nitrogens with zero attached hydrogens (tertiary/aromatic N) is 2. The third-order valence-electron chi connectivity index (χ3n) is 5.39. The van der Waals surface area contributed by atoms with E-state index in [9.17, 15) is 28.8 Å². The smallest absolute Gasteiger partial charge is 0.305 e. The zero-order chi connectivity index (χ0) is 24.3. The molecule has 3 fully saturated rings. The van der Waals surface area contributed by atoms with Crippen LogP contribution in [0.5, 0.6) is 0 Å². The van der Waals surface area contributed by atoms with Crippen molar-refractivity contribution in [2.75, 3.05) is 13.1 Å². The summed E-state index contributed by atoms with van der Waals surface area (Å²) in [5.74, 6) is -4.85. The maximum atomic E-state index is 12.9. The first kappa shape index (κ1) is 24.6. The molecule has 3 atom stereocenters. The van der Waals surface area contributed by atoms with Crippen molar-refractivity contribution in [3.63, 3.8) is 0 Å². The van der Waals surface area contributed by atoms with Crippen molar-refractivity contribution in [3.05, 3.63) is 0 Å². The molecule has 2 bridgehead atoms. The number of fused-ring (bicyclic) bond motifs is 8. The first-order chi connectivity index (χ1) is 14.8. The molecule has 14 nitrogen and oxygen atoms in total. The van der Waals surface area contributed by atoms with Crippen LogP contribution in [-0.4, -0.2) is 88.1 Å². The lowest BCUT2D eigenvalue weighted by molar-refractivity contribution is -0.170. The number of nitrogens with two attached hydrogens (primary N) is 2. The summed E-state index contributed by atoms with van der Waals surface area (Å²) < 4.78 is 0. The van der Waals surface area contributed by atoms with E-state index in [4.69, 9.17) is 16.6 Å². The number of carbonyl (C=O) groups is 6. The molecule has 0 aromatic heterocycles. The van der Waals surface area contributed by atoms with Gasteiger partial charge in [-0.25, -0.2) is 0 Å². The zero-order valence-electron chi connectivity index (χ0n) is 17.7. The molecule has 0 saturated carbocycles. The summed E-state index contributed by atoms with van der Waals surface area (Å²) in [6.45, 7) is 2.75. The molecule has 3 rings (SSSR count). The fourth-order valence-corrected chi connectivity index (χ4v) is 3.39. The molecule has 0 aromatic carbocycles. The average molecular weight is 453 g/mol. The molecule has 3 saturated heterocycles. The molecule has 0 spiro atoms.